The molecule has 0 spiro atoms. The van der Waals surface area contributed by atoms with E-state index in [1.165, 1.54) is 36.7 Å². The zero-order valence-corrected chi connectivity index (χ0v) is 17.9. The number of piperazine rings is 1. The summed E-state index contributed by atoms with van der Waals surface area (Å²) in [5, 5.41) is 12.7. The zero-order valence-electron chi connectivity index (χ0n) is 16.3. The highest BCUT2D eigenvalue weighted by Crippen LogP contribution is 2.31. The van der Waals surface area contributed by atoms with Crippen molar-refractivity contribution in [1.82, 2.24) is 30.0 Å². The van der Waals surface area contributed by atoms with Crippen molar-refractivity contribution in [2.45, 2.75) is 36.9 Å². The molecule has 1 aliphatic carbocycles. The van der Waals surface area contributed by atoms with Crippen LogP contribution in [0.4, 0.5) is 4.39 Å². The molecule has 11 heteroatoms. The monoisotopic (exact) mass is 452 g/mol. The molecule has 2 aliphatic rings. The van der Waals surface area contributed by atoms with Gasteiger partial charge >= 0.3 is 0 Å². The second kappa shape index (κ2) is 9.30. The number of halogens is 2. The number of tetrazole rings is 1. The number of carbonyl (C=O) groups excluding carboxylic acids is 2. The predicted octanol–water partition coefficient (Wildman–Crippen LogP) is 2.66. The third-order valence-electron chi connectivity index (χ3n) is 5.54. The van der Waals surface area contributed by atoms with E-state index in [0.29, 0.717) is 37.4 Å². The van der Waals surface area contributed by atoms with Gasteiger partial charge in [0.15, 0.2) is 0 Å². The predicted molar refractivity (Wildman–Crippen MR) is 110 cm³/mol. The summed E-state index contributed by atoms with van der Waals surface area (Å²) in [4.78, 5) is 28.6. The minimum atomic E-state index is -0.483. The van der Waals surface area contributed by atoms with Crippen molar-refractivity contribution in [2.24, 2.45) is 0 Å². The van der Waals surface area contributed by atoms with Crippen LogP contribution >= 0.6 is 23.4 Å². The van der Waals surface area contributed by atoms with E-state index in [-0.39, 0.29) is 28.2 Å². The van der Waals surface area contributed by atoms with Crippen LogP contribution in [0.3, 0.4) is 0 Å². The minimum absolute atomic E-state index is 0.00659. The highest BCUT2D eigenvalue weighted by Gasteiger charge is 2.27. The summed E-state index contributed by atoms with van der Waals surface area (Å²) in [6.07, 6.45) is 4.50. The molecule has 30 heavy (non-hydrogen) atoms. The average molecular weight is 453 g/mol. The first-order valence-electron chi connectivity index (χ1n) is 9.95. The van der Waals surface area contributed by atoms with Gasteiger partial charge in [-0.3, -0.25) is 9.59 Å². The molecule has 0 unspecified atom stereocenters. The Bertz CT molecular complexity index is 927. The number of nitrogens with zero attached hydrogens (tertiary/aromatic N) is 6. The third-order valence-corrected chi connectivity index (χ3v) is 6.77. The van der Waals surface area contributed by atoms with Crippen LogP contribution in [-0.4, -0.2) is 73.8 Å². The molecule has 1 saturated heterocycles. The topological polar surface area (TPSA) is 84.2 Å². The number of aromatic nitrogens is 4. The first-order valence-corrected chi connectivity index (χ1v) is 11.3. The SMILES string of the molecule is O=C(CSc1nnnn1C1CCCC1)N1CCN(C(=O)c2ccc(F)cc2Cl)CC1. The van der Waals surface area contributed by atoms with Crippen molar-refractivity contribution >= 4 is 35.2 Å². The van der Waals surface area contributed by atoms with Crippen molar-refractivity contribution < 1.29 is 14.0 Å². The van der Waals surface area contributed by atoms with E-state index in [2.05, 4.69) is 15.5 Å². The second-order valence-corrected chi connectivity index (χ2v) is 8.78. The van der Waals surface area contributed by atoms with Crippen molar-refractivity contribution in [1.29, 1.82) is 0 Å². The Morgan fingerprint density at radius 3 is 2.53 bits per heavy atom. The van der Waals surface area contributed by atoms with Crippen LogP contribution in [0, 0.1) is 5.82 Å². The molecular formula is C19H22ClFN6O2S. The average Bonchev–Trinajstić information content (AvgIpc) is 3.43. The van der Waals surface area contributed by atoms with Gasteiger partial charge in [0.05, 0.1) is 22.4 Å². The van der Waals surface area contributed by atoms with E-state index in [9.17, 15) is 14.0 Å². The van der Waals surface area contributed by atoms with Crippen molar-refractivity contribution in [2.75, 3.05) is 31.9 Å². The van der Waals surface area contributed by atoms with Crippen molar-refractivity contribution in [3.8, 4) is 0 Å². The lowest BCUT2D eigenvalue weighted by Crippen LogP contribution is -2.51. The van der Waals surface area contributed by atoms with Gasteiger partial charge in [-0.1, -0.05) is 36.2 Å². The summed E-state index contributed by atoms with van der Waals surface area (Å²) in [7, 11) is 0. The fourth-order valence-corrected chi connectivity index (χ4v) is 4.96. The molecule has 2 aromatic rings. The lowest BCUT2D eigenvalue weighted by molar-refractivity contribution is -0.129. The molecule has 8 nitrogen and oxygen atoms in total. The first-order chi connectivity index (χ1) is 14.5. The van der Waals surface area contributed by atoms with Crippen LogP contribution in [0.5, 0.6) is 0 Å². The van der Waals surface area contributed by atoms with Gasteiger partial charge in [-0.2, -0.15) is 0 Å². The highest BCUT2D eigenvalue weighted by atomic mass is 35.5. The van der Waals surface area contributed by atoms with Crippen molar-refractivity contribution in [3.05, 3.63) is 34.6 Å². The lowest BCUT2D eigenvalue weighted by Gasteiger charge is -2.35. The molecule has 2 fully saturated rings. The molecular weight excluding hydrogens is 431 g/mol. The number of carbonyl (C=O) groups is 2. The molecule has 4 rings (SSSR count). The van der Waals surface area contributed by atoms with Crippen LogP contribution in [0.15, 0.2) is 23.4 Å². The number of amides is 2. The van der Waals surface area contributed by atoms with Crippen LogP contribution in [0.2, 0.25) is 5.02 Å². The van der Waals surface area contributed by atoms with E-state index >= 15 is 0 Å². The van der Waals surface area contributed by atoms with Gasteiger partial charge in [0.1, 0.15) is 5.82 Å². The molecule has 1 aliphatic heterocycles. The first kappa shape index (κ1) is 21.0. The number of hydrogen-bond donors (Lipinski definition) is 0. The van der Waals surface area contributed by atoms with Gasteiger partial charge in [-0.15, -0.1) is 5.10 Å². The molecule has 0 bridgehead atoms. The normalized spacial score (nSPS) is 17.5. The fraction of sp³-hybridized carbons (Fsp3) is 0.526. The Kier molecular flexibility index (Phi) is 6.52. The standard InChI is InChI=1S/C19H22ClFN6O2S/c20-16-11-13(21)5-6-15(16)18(29)26-9-7-25(8-10-26)17(28)12-30-19-22-23-24-27(19)14-3-1-2-4-14/h5-6,11,14H,1-4,7-10,12H2. The number of thioether (sulfide) groups is 1. The van der Waals surface area contributed by atoms with Crippen LogP contribution < -0.4 is 0 Å². The second-order valence-electron chi connectivity index (χ2n) is 7.43. The summed E-state index contributed by atoms with van der Waals surface area (Å²) in [6, 6.07) is 4.06. The Hall–Kier alpha value is -2.20. The molecule has 2 heterocycles. The lowest BCUT2D eigenvalue weighted by atomic mass is 10.1. The van der Waals surface area contributed by atoms with Gasteiger partial charge < -0.3 is 9.80 Å². The number of hydrogen-bond acceptors (Lipinski definition) is 6. The quantitative estimate of drug-likeness (QED) is 0.648. The number of benzene rings is 1. The fourth-order valence-electron chi connectivity index (χ4n) is 3.87. The highest BCUT2D eigenvalue weighted by molar-refractivity contribution is 7.99. The van der Waals surface area contributed by atoms with E-state index in [1.807, 2.05) is 4.68 Å². The molecule has 1 aromatic heterocycles. The number of rotatable bonds is 5. The third kappa shape index (κ3) is 4.59. The smallest absolute Gasteiger partial charge is 0.255 e. The molecule has 1 aromatic carbocycles. The molecule has 0 atom stereocenters. The minimum Gasteiger partial charge on any atom is -0.338 e. The van der Waals surface area contributed by atoms with E-state index in [4.69, 9.17) is 11.6 Å². The summed E-state index contributed by atoms with van der Waals surface area (Å²) in [6.45, 7) is 1.69. The van der Waals surface area contributed by atoms with Crippen LogP contribution in [-0.2, 0) is 4.79 Å². The van der Waals surface area contributed by atoms with Crippen molar-refractivity contribution in [3.63, 3.8) is 0 Å². The Balaban J connectivity index is 1.28. The van der Waals surface area contributed by atoms with Gasteiger partial charge in [-0.25, -0.2) is 9.07 Å². The molecule has 0 radical (unpaired) electrons. The Morgan fingerprint density at radius 1 is 1.13 bits per heavy atom. The molecule has 2 amide bonds. The van der Waals surface area contributed by atoms with Gasteiger partial charge in [0.2, 0.25) is 11.1 Å². The maximum Gasteiger partial charge on any atom is 0.255 e. The molecule has 0 N–H and O–H groups in total. The maximum atomic E-state index is 13.2. The van der Waals surface area contributed by atoms with E-state index < -0.39 is 5.82 Å². The van der Waals surface area contributed by atoms with Gasteiger partial charge in [0.25, 0.3) is 5.91 Å². The van der Waals surface area contributed by atoms with Gasteiger partial charge in [-0.05, 0) is 41.5 Å². The molecule has 1 saturated carbocycles. The van der Waals surface area contributed by atoms with Crippen LogP contribution in [0.1, 0.15) is 42.1 Å². The zero-order chi connectivity index (χ0) is 21.1. The van der Waals surface area contributed by atoms with E-state index in [1.54, 1.807) is 9.80 Å². The largest absolute Gasteiger partial charge is 0.338 e. The summed E-state index contributed by atoms with van der Waals surface area (Å²) >= 11 is 7.35. The molecule has 160 valence electrons. The summed E-state index contributed by atoms with van der Waals surface area (Å²) in [5.74, 6) is -0.487. The summed E-state index contributed by atoms with van der Waals surface area (Å²) in [5.41, 5.74) is 0.271. The van der Waals surface area contributed by atoms with E-state index in [0.717, 1.165) is 18.9 Å². The van der Waals surface area contributed by atoms with Gasteiger partial charge in [0, 0.05) is 26.2 Å². The Labute approximate surface area is 182 Å². The Morgan fingerprint density at radius 2 is 1.83 bits per heavy atom. The van der Waals surface area contributed by atoms with Crippen LogP contribution in [0.25, 0.3) is 0 Å². The maximum absolute atomic E-state index is 13.2. The summed E-state index contributed by atoms with van der Waals surface area (Å²) < 4.78 is 15.1.